The zero-order valence-corrected chi connectivity index (χ0v) is 18.8. The normalized spacial score (nSPS) is 11.5. The minimum Gasteiger partial charge on any atom is -0.495 e. The minimum absolute atomic E-state index is 0.306. The lowest BCUT2D eigenvalue weighted by atomic mass is 10.1. The highest BCUT2D eigenvalue weighted by atomic mass is 79.9. The van der Waals surface area contributed by atoms with Crippen molar-refractivity contribution in [3.05, 3.63) is 53.3 Å². The molecule has 0 aliphatic heterocycles. The number of halogens is 1. The first-order chi connectivity index (χ1) is 14.4. The number of carbonyl (C=O) groups excluding carboxylic acids is 1. The number of hydrogen-bond acceptors (Lipinski definition) is 7. The number of hydrogen-bond donors (Lipinski definition) is 1. The number of methoxy groups -OCH3 is 1. The summed E-state index contributed by atoms with van der Waals surface area (Å²) >= 11 is 4.79. The average molecular weight is 488 g/mol. The molecule has 0 fully saturated rings. The van der Waals surface area contributed by atoms with Crippen molar-refractivity contribution in [1.82, 2.24) is 19.8 Å². The van der Waals surface area contributed by atoms with Crippen LogP contribution in [0.3, 0.4) is 0 Å². The van der Waals surface area contributed by atoms with Gasteiger partial charge in [0, 0.05) is 10.0 Å². The van der Waals surface area contributed by atoms with Gasteiger partial charge in [0.2, 0.25) is 4.96 Å². The summed E-state index contributed by atoms with van der Waals surface area (Å²) in [5, 5.41) is 15.9. The van der Waals surface area contributed by atoms with E-state index in [1.54, 1.807) is 50.0 Å². The maximum Gasteiger partial charge on any atom is 0.268 e. The second-order valence-corrected chi connectivity index (χ2v) is 8.77. The van der Waals surface area contributed by atoms with Crippen LogP contribution in [0.25, 0.3) is 15.5 Å². The smallest absolute Gasteiger partial charge is 0.268 e. The summed E-state index contributed by atoms with van der Waals surface area (Å²) in [4.78, 5) is 13.7. The Morgan fingerprint density at radius 1 is 1.20 bits per heavy atom. The highest BCUT2D eigenvalue weighted by molar-refractivity contribution is 9.10. The number of amides is 1. The second kappa shape index (κ2) is 8.04. The zero-order chi connectivity index (χ0) is 21.3. The van der Waals surface area contributed by atoms with Crippen LogP contribution in [0, 0.1) is 0 Å². The van der Waals surface area contributed by atoms with Crippen molar-refractivity contribution in [2.24, 2.45) is 0 Å². The van der Waals surface area contributed by atoms with E-state index in [2.05, 4.69) is 36.5 Å². The van der Waals surface area contributed by atoms with Gasteiger partial charge < -0.3 is 14.8 Å². The number of ether oxygens (including phenoxy) is 2. The van der Waals surface area contributed by atoms with E-state index >= 15 is 0 Å². The quantitative estimate of drug-likeness (QED) is 0.432. The lowest BCUT2D eigenvalue weighted by Gasteiger charge is -2.26. The number of nitrogens with zero attached hydrogens (tertiary/aromatic N) is 4. The van der Waals surface area contributed by atoms with Gasteiger partial charge in [-0.2, -0.15) is 9.61 Å². The summed E-state index contributed by atoms with van der Waals surface area (Å²) in [6.07, 6.45) is 1.55. The third kappa shape index (κ3) is 4.14. The van der Waals surface area contributed by atoms with Crippen LogP contribution >= 0.6 is 27.3 Å². The number of nitrogens with one attached hydrogen (secondary N) is 1. The fraction of sp³-hybridized carbons (Fsp3) is 0.200. The monoisotopic (exact) mass is 487 g/mol. The molecule has 30 heavy (non-hydrogen) atoms. The molecule has 154 valence electrons. The van der Waals surface area contributed by atoms with Crippen LogP contribution in [-0.4, -0.2) is 38.4 Å². The molecule has 0 unspecified atom stereocenters. The van der Waals surface area contributed by atoms with E-state index in [1.807, 2.05) is 24.3 Å². The van der Waals surface area contributed by atoms with Crippen LogP contribution in [-0.2, 0) is 4.79 Å². The topological polar surface area (TPSA) is 90.6 Å². The standard InChI is InChI=1S/C20H18BrN5O3S/c1-20(2,29-14-7-5-13(21)6-8-14)18(27)23-15-10-12(4-9-16(15)28-3)17-25-26-11-22-24-19(26)30-17/h4-11H,1-3H3,(H,23,27). The minimum atomic E-state index is -1.11. The molecule has 0 bridgehead atoms. The second-order valence-electron chi connectivity index (χ2n) is 6.90. The van der Waals surface area contributed by atoms with Crippen LogP contribution in [0.15, 0.2) is 53.3 Å². The SMILES string of the molecule is COc1ccc(-c2nn3cnnc3s2)cc1NC(=O)C(C)(C)Oc1ccc(Br)cc1. The van der Waals surface area contributed by atoms with Crippen LogP contribution in [0.1, 0.15) is 13.8 Å². The highest BCUT2D eigenvalue weighted by Crippen LogP contribution is 2.33. The van der Waals surface area contributed by atoms with E-state index in [0.717, 1.165) is 15.0 Å². The molecule has 8 nitrogen and oxygen atoms in total. The first-order valence-corrected chi connectivity index (χ1v) is 10.6. The molecule has 1 N–H and O–H groups in total. The predicted molar refractivity (Wildman–Crippen MR) is 118 cm³/mol. The summed E-state index contributed by atoms with van der Waals surface area (Å²) in [5.74, 6) is 0.826. The van der Waals surface area contributed by atoms with Gasteiger partial charge in [0.1, 0.15) is 22.8 Å². The summed E-state index contributed by atoms with van der Waals surface area (Å²) in [5.41, 5.74) is 0.245. The Morgan fingerprint density at radius 3 is 2.67 bits per heavy atom. The predicted octanol–water partition coefficient (Wildman–Crippen LogP) is 4.42. The molecule has 4 rings (SSSR count). The number of benzene rings is 2. The van der Waals surface area contributed by atoms with E-state index in [1.165, 1.54) is 11.3 Å². The first-order valence-electron chi connectivity index (χ1n) is 8.97. The molecule has 0 aliphatic rings. The lowest BCUT2D eigenvalue weighted by Crippen LogP contribution is -2.42. The summed E-state index contributed by atoms with van der Waals surface area (Å²) in [6.45, 7) is 3.42. The third-order valence-corrected chi connectivity index (χ3v) is 5.81. The molecular formula is C20H18BrN5O3S. The Kier molecular flexibility index (Phi) is 5.44. The summed E-state index contributed by atoms with van der Waals surface area (Å²) in [7, 11) is 1.55. The van der Waals surface area contributed by atoms with E-state index < -0.39 is 5.60 Å². The molecule has 0 atom stereocenters. The average Bonchev–Trinajstić information content (AvgIpc) is 3.32. The number of fused-ring (bicyclic) bond motifs is 1. The van der Waals surface area contributed by atoms with Gasteiger partial charge in [-0.25, -0.2) is 0 Å². The summed E-state index contributed by atoms with van der Waals surface area (Å²) in [6, 6.07) is 12.8. The van der Waals surface area contributed by atoms with Crippen molar-refractivity contribution < 1.29 is 14.3 Å². The Bertz CT molecular complexity index is 1170. The van der Waals surface area contributed by atoms with Gasteiger partial charge in [0.15, 0.2) is 5.60 Å². The van der Waals surface area contributed by atoms with Crippen molar-refractivity contribution in [1.29, 1.82) is 0 Å². The van der Waals surface area contributed by atoms with E-state index in [9.17, 15) is 4.79 Å². The largest absolute Gasteiger partial charge is 0.495 e. The molecule has 0 radical (unpaired) electrons. The van der Waals surface area contributed by atoms with E-state index in [4.69, 9.17) is 9.47 Å². The molecule has 1 amide bonds. The van der Waals surface area contributed by atoms with Crippen LogP contribution in [0.5, 0.6) is 11.5 Å². The van der Waals surface area contributed by atoms with Gasteiger partial charge in [-0.15, -0.1) is 10.2 Å². The van der Waals surface area contributed by atoms with Crippen LogP contribution < -0.4 is 14.8 Å². The fourth-order valence-corrected chi connectivity index (χ4v) is 3.81. The number of carbonyl (C=O) groups is 1. The number of aromatic nitrogens is 4. The molecular weight excluding hydrogens is 470 g/mol. The molecule has 2 heterocycles. The van der Waals surface area contributed by atoms with Gasteiger partial charge in [-0.3, -0.25) is 4.79 Å². The van der Waals surface area contributed by atoms with Crippen molar-refractivity contribution in [2.75, 3.05) is 12.4 Å². The molecule has 0 aliphatic carbocycles. The Morgan fingerprint density at radius 2 is 1.97 bits per heavy atom. The Labute approximate surface area is 185 Å². The fourth-order valence-electron chi connectivity index (χ4n) is 2.73. The number of anilines is 1. The molecule has 0 saturated carbocycles. The van der Waals surface area contributed by atoms with Gasteiger partial charge in [-0.1, -0.05) is 27.3 Å². The Balaban J connectivity index is 1.58. The molecule has 0 saturated heterocycles. The van der Waals surface area contributed by atoms with Gasteiger partial charge in [0.05, 0.1) is 12.8 Å². The maximum atomic E-state index is 13.0. The van der Waals surface area contributed by atoms with Crippen LogP contribution in [0.2, 0.25) is 0 Å². The highest BCUT2D eigenvalue weighted by Gasteiger charge is 2.31. The number of rotatable bonds is 6. The van der Waals surface area contributed by atoms with Crippen molar-refractivity contribution in [3.8, 4) is 22.1 Å². The summed E-state index contributed by atoms with van der Waals surface area (Å²) < 4.78 is 13.9. The van der Waals surface area contributed by atoms with Crippen molar-refractivity contribution in [3.63, 3.8) is 0 Å². The van der Waals surface area contributed by atoms with Crippen molar-refractivity contribution >= 4 is 43.8 Å². The van der Waals surface area contributed by atoms with Gasteiger partial charge in [-0.05, 0) is 56.3 Å². The van der Waals surface area contributed by atoms with Gasteiger partial charge in [0.25, 0.3) is 5.91 Å². The van der Waals surface area contributed by atoms with Crippen LogP contribution in [0.4, 0.5) is 5.69 Å². The lowest BCUT2D eigenvalue weighted by molar-refractivity contribution is -0.128. The van der Waals surface area contributed by atoms with E-state index in [-0.39, 0.29) is 5.91 Å². The van der Waals surface area contributed by atoms with Crippen molar-refractivity contribution in [2.45, 2.75) is 19.4 Å². The third-order valence-electron chi connectivity index (χ3n) is 4.31. The molecule has 10 heteroatoms. The zero-order valence-electron chi connectivity index (χ0n) is 16.4. The van der Waals surface area contributed by atoms with E-state index in [0.29, 0.717) is 22.1 Å². The molecule has 0 spiro atoms. The Hall–Kier alpha value is -2.98. The molecule has 2 aromatic heterocycles. The molecule has 4 aromatic rings. The molecule has 2 aromatic carbocycles. The van der Waals surface area contributed by atoms with Gasteiger partial charge >= 0.3 is 0 Å². The first kappa shape index (κ1) is 20.3. The maximum absolute atomic E-state index is 13.0.